The molecule has 0 spiro atoms. The summed E-state index contributed by atoms with van der Waals surface area (Å²) in [5.41, 5.74) is 3.50. The summed E-state index contributed by atoms with van der Waals surface area (Å²) in [4.78, 5) is 20.0. The average molecular weight is 241 g/mol. The largest absolute Gasteiger partial charge is 0.346 e. The summed E-state index contributed by atoms with van der Waals surface area (Å²) >= 11 is 0. The fourth-order valence-corrected chi connectivity index (χ4v) is 1.58. The molecule has 0 aliphatic rings. The highest BCUT2D eigenvalue weighted by Crippen LogP contribution is 2.03. The fraction of sp³-hybridized carbons (Fsp3) is 0.214. The Morgan fingerprint density at radius 2 is 1.89 bits per heavy atom. The summed E-state index contributed by atoms with van der Waals surface area (Å²) < 4.78 is 0. The fourth-order valence-electron chi connectivity index (χ4n) is 1.58. The lowest BCUT2D eigenvalue weighted by molar-refractivity contribution is 0.0950. The molecule has 1 aromatic carbocycles. The van der Waals surface area contributed by atoms with Gasteiger partial charge in [0.15, 0.2) is 0 Å². The number of nitrogens with zero attached hydrogens (tertiary/aromatic N) is 2. The zero-order chi connectivity index (χ0) is 13.0. The number of aromatic nitrogens is 2. The molecule has 1 N–H and O–H groups in total. The van der Waals surface area contributed by atoms with Gasteiger partial charge in [-0.3, -0.25) is 4.79 Å². The molecule has 0 bridgehead atoms. The van der Waals surface area contributed by atoms with E-state index in [-0.39, 0.29) is 5.91 Å². The molecule has 92 valence electrons. The molecule has 18 heavy (non-hydrogen) atoms. The Kier molecular flexibility index (Phi) is 3.67. The van der Waals surface area contributed by atoms with Crippen molar-refractivity contribution in [2.75, 3.05) is 0 Å². The molecule has 4 nitrogen and oxygen atoms in total. The Labute approximate surface area is 106 Å². The monoisotopic (exact) mass is 241 g/mol. The van der Waals surface area contributed by atoms with Crippen molar-refractivity contribution in [2.45, 2.75) is 20.4 Å². The SMILES string of the molecule is Cc1ccc(C(=O)NCc2cc(C)ncn2)cc1. The van der Waals surface area contributed by atoms with E-state index >= 15 is 0 Å². The maximum atomic E-state index is 11.9. The number of hydrogen-bond acceptors (Lipinski definition) is 3. The van der Waals surface area contributed by atoms with Crippen molar-refractivity contribution in [2.24, 2.45) is 0 Å². The topological polar surface area (TPSA) is 54.9 Å². The van der Waals surface area contributed by atoms with Crippen LogP contribution in [0.4, 0.5) is 0 Å². The maximum absolute atomic E-state index is 11.9. The molecule has 1 heterocycles. The summed E-state index contributed by atoms with van der Waals surface area (Å²) in [6.07, 6.45) is 1.50. The number of rotatable bonds is 3. The molecule has 1 amide bonds. The molecule has 1 aromatic heterocycles. The Bertz CT molecular complexity index is 549. The summed E-state index contributed by atoms with van der Waals surface area (Å²) in [7, 11) is 0. The van der Waals surface area contributed by atoms with E-state index in [0.29, 0.717) is 12.1 Å². The first-order chi connectivity index (χ1) is 8.65. The second-order valence-corrected chi connectivity index (χ2v) is 4.20. The van der Waals surface area contributed by atoms with Gasteiger partial charge in [-0.15, -0.1) is 0 Å². The number of aryl methyl sites for hydroxylation is 2. The number of nitrogens with one attached hydrogen (secondary N) is 1. The lowest BCUT2D eigenvalue weighted by Gasteiger charge is -2.05. The van der Waals surface area contributed by atoms with E-state index in [1.54, 1.807) is 0 Å². The van der Waals surface area contributed by atoms with Crippen LogP contribution in [0.3, 0.4) is 0 Å². The molecular weight excluding hydrogens is 226 g/mol. The van der Waals surface area contributed by atoms with Crippen LogP contribution in [0.15, 0.2) is 36.7 Å². The quantitative estimate of drug-likeness (QED) is 0.894. The predicted molar refractivity (Wildman–Crippen MR) is 69.1 cm³/mol. The van der Waals surface area contributed by atoms with Crippen molar-refractivity contribution in [3.63, 3.8) is 0 Å². The van der Waals surface area contributed by atoms with Gasteiger partial charge in [0.1, 0.15) is 6.33 Å². The van der Waals surface area contributed by atoms with Gasteiger partial charge >= 0.3 is 0 Å². The molecule has 0 aliphatic heterocycles. The second kappa shape index (κ2) is 5.40. The van der Waals surface area contributed by atoms with Crippen LogP contribution in [0.25, 0.3) is 0 Å². The third-order valence-electron chi connectivity index (χ3n) is 2.60. The summed E-state index contributed by atoms with van der Waals surface area (Å²) in [5.74, 6) is -0.0914. The second-order valence-electron chi connectivity index (χ2n) is 4.20. The van der Waals surface area contributed by atoms with Gasteiger partial charge in [0, 0.05) is 11.3 Å². The van der Waals surface area contributed by atoms with Crippen LogP contribution < -0.4 is 5.32 Å². The minimum Gasteiger partial charge on any atom is -0.346 e. The average Bonchev–Trinajstić information content (AvgIpc) is 2.37. The molecule has 2 rings (SSSR count). The van der Waals surface area contributed by atoms with Gasteiger partial charge in [0.05, 0.1) is 12.2 Å². The molecule has 0 fully saturated rings. The third-order valence-corrected chi connectivity index (χ3v) is 2.60. The Hall–Kier alpha value is -2.23. The molecular formula is C14H15N3O. The van der Waals surface area contributed by atoms with Gasteiger partial charge in [-0.05, 0) is 32.0 Å². The first-order valence-electron chi connectivity index (χ1n) is 5.77. The van der Waals surface area contributed by atoms with Crippen LogP contribution in [-0.2, 0) is 6.54 Å². The van der Waals surface area contributed by atoms with Crippen LogP contribution in [-0.4, -0.2) is 15.9 Å². The summed E-state index contributed by atoms with van der Waals surface area (Å²) in [6, 6.07) is 9.33. The highest BCUT2D eigenvalue weighted by Gasteiger charge is 2.05. The zero-order valence-corrected chi connectivity index (χ0v) is 10.5. The van der Waals surface area contributed by atoms with Crippen molar-refractivity contribution < 1.29 is 4.79 Å². The normalized spacial score (nSPS) is 10.1. The van der Waals surface area contributed by atoms with E-state index in [2.05, 4.69) is 15.3 Å². The number of carbonyl (C=O) groups is 1. The molecule has 0 unspecified atom stereocenters. The lowest BCUT2D eigenvalue weighted by Crippen LogP contribution is -2.23. The molecule has 2 aromatic rings. The van der Waals surface area contributed by atoms with Crippen LogP contribution in [0, 0.1) is 13.8 Å². The van der Waals surface area contributed by atoms with Crippen molar-refractivity contribution in [1.82, 2.24) is 15.3 Å². The zero-order valence-electron chi connectivity index (χ0n) is 10.5. The summed E-state index contributed by atoms with van der Waals surface area (Å²) in [5, 5.41) is 2.83. The van der Waals surface area contributed by atoms with E-state index in [0.717, 1.165) is 17.0 Å². The van der Waals surface area contributed by atoms with Crippen molar-refractivity contribution >= 4 is 5.91 Å². The van der Waals surface area contributed by atoms with E-state index in [1.165, 1.54) is 6.33 Å². The van der Waals surface area contributed by atoms with Crippen molar-refractivity contribution in [1.29, 1.82) is 0 Å². The lowest BCUT2D eigenvalue weighted by atomic mass is 10.1. The highest BCUT2D eigenvalue weighted by molar-refractivity contribution is 5.94. The van der Waals surface area contributed by atoms with E-state index in [1.807, 2.05) is 44.2 Å². The van der Waals surface area contributed by atoms with Crippen LogP contribution in [0.5, 0.6) is 0 Å². The number of benzene rings is 1. The Morgan fingerprint density at radius 3 is 2.56 bits per heavy atom. The minimum absolute atomic E-state index is 0.0914. The number of carbonyl (C=O) groups excluding carboxylic acids is 1. The van der Waals surface area contributed by atoms with Crippen molar-refractivity contribution in [3.8, 4) is 0 Å². The first-order valence-corrected chi connectivity index (χ1v) is 5.77. The molecule has 0 atom stereocenters. The Morgan fingerprint density at radius 1 is 1.17 bits per heavy atom. The molecule has 0 saturated carbocycles. The molecule has 0 radical (unpaired) electrons. The maximum Gasteiger partial charge on any atom is 0.251 e. The minimum atomic E-state index is -0.0914. The van der Waals surface area contributed by atoms with Crippen molar-refractivity contribution in [3.05, 3.63) is 59.2 Å². The van der Waals surface area contributed by atoms with Gasteiger partial charge in [0.2, 0.25) is 0 Å². The number of hydrogen-bond donors (Lipinski definition) is 1. The van der Waals surface area contributed by atoms with Gasteiger partial charge in [0.25, 0.3) is 5.91 Å². The van der Waals surface area contributed by atoms with E-state index < -0.39 is 0 Å². The van der Waals surface area contributed by atoms with E-state index in [4.69, 9.17) is 0 Å². The molecule has 0 saturated heterocycles. The van der Waals surface area contributed by atoms with Gasteiger partial charge < -0.3 is 5.32 Å². The third kappa shape index (κ3) is 3.13. The highest BCUT2D eigenvalue weighted by atomic mass is 16.1. The molecule has 0 aliphatic carbocycles. The van der Waals surface area contributed by atoms with Crippen LogP contribution in [0.2, 0.25) is 0 Å². The van der Waals surface area contributed by atoms with Gasteiger partial charge in [-0.1, -0.05) is 17.7 Å². The van der Waals surface area contributed by atoms with Crippen LogP contribution in [0.1, 0.15) is 27.3 Å². The van der Waals surface area contributed by atoms with Gasteiger partial charge in [-0.2, -0.15) is 0 Å². The smallest absolute Gasteiger partial charge is 0.251 e. The van der Waals surface area contributed by atoms with Crippen LogP contribution >= 0.6 is 0 Å². The predicted octanol–water partition coefficient (Wildman–Crippen LogP) is 2.02. The number of amides is 1. The first kappa shape index (κ1) is 12.2. The van der Waals surface area contributed by atoms with E-state index in [9.17, 15) is 4.79 Å². The van der Waals surface area contributed by atoms with Gasteiger partial charge in [-0.25, -0.2) is 9.97 Å². The Balaban J connectivity index is 1.98. The molecule has 4 heteroatoms. The summed E-state index contributed by atoms with van der Waals surface area (Å²) in [6.45, 7) is 4.30. The standard InChI is InChI=1S/C14H15N3O/c1-10-3-5-12(6-4-10)14(18)15-8-13-7-11(2)16-9-17-13/h3-7,9H,8H2,1-2H3,(H,15,18).